The maximum atomic E-state index is 5.27. The van der Waals surface area contributed by atoms with Gasteiger partial charge in [0.15, 0.2) is 0 Å². The third-order valence-electron chi connectivity index (χ3n) is 2.08. The molecule has 1 aromatic heterocycles. The lowest BCUT2D eigenvalue weighted by Gasteiger charge is -1.94. The molecule has 0 saturated carbocycles. The van der Waals surface area contributed by atoms with E-state index >= 15 is 0 Å². The average Bonchev–Trinajstić information content (AvgIpc) is 2.42. The van der Waals surface area contributed by atoms with Crippen molar-refractivity contribution in [2.24, 2.45) is 18.0 Å². The van der Waals surface area contributed by atoms with Gasteiger partial charge < -0.3 is 10.4 Å². The minimum absolute atomic E-state index is 0.848. The summed E-state index contributed by atoms with van der Waals surface area (Å²) in [5.74, 6) is 5.27. The predicted molar refractivity (Wildman–Crippen MR) is 55.3 cm³/mol. The van der Waals surface area contributed by atoms with Crippen molar-refractivity contribution in [3.05, 3.63) is 28.6 Å². The van der Waals surface area contributed by atoms with Crippen LogP contribution in [0, 0.1) is 6.92 Å². The number of rotatable bonds is 0. The fraction of sp³-hybridized carbons (Fsp3) is 0.222. The Morgan fingerprint density at radius 3 is 2.92 bits per heavy atom. The highest BCUT2D eigenvalue weighted by atomic mass is 32.1. The Labute approximate surface area is 80.1 Å². The lowest BCUT2D eigenvalue weighted by Crippen LogP contribution is -2.12. The number of aryl methyl sites for hydroxylation is 2. The molecule has 0 saturated heterocycles. The highest BCUT2D eigenvalue weighted by molar-refractivity contribution is 7.16. The van der Waals surface area contributed by atoms with E-state index in [-0.39, 0.29) is 0 Å². The molecule has 0 fully saturated rings. The Morgan fingerprint density at radius 2 is 2.23 bits per heavy atom. The molecular weight excluding hydrogens is 182 g/mol. The van der Waals surface area contributed by atoms with E-state index in [1.807, 2.05) is 11.6 Å². The van der Waals surface area contributed by atoms with Crippen LogP contribution in [0.4, 0.5) is 0 Å². The Bertz CT molecular complexity index is 507. The number of thiazole rings is 1. The van der Waals surface area contributed by atoms with E-state index in [4.69, 9.17) is 5.84 Å². The zero-order valence-electron chi connectivity index (χ0n) is 7.61. The van der Waals surface area contributed by atoms with Gasteiger partial charge in [0.2, 0.25) is 4.80 Å². The second-order valence-electron chi connectivity index (χ2n) is 3.04. The minimum Gasteiger partial charge on any atom is -0.320 e. The summed E-state index contributed by atoms with van der Waals surface area (Å²) in [6.45, 7) is 2.08. The van der Waals surface area contributed by atoms with Gasteiger partial charge >= 0.3 is 0 Å². The van der Waals surface area contributed by atoms with Crippen molar-refractivity contribution in [2.45, 2.75) is 6.92 Å². The lowest BCUT2D eigenvalue weighted by molar-refractivity contribution is 0.888. The molecular formula is C9H11N3S. The first kappa shape index (κ1) is 8.31. The number of hydrogen-bond acceptors (Lipinski definition) is 3. The normalized spacial score (nSPS) is 12.6. The molecule has 13 heavy (non-hydrogen) atoms. The van der Waals surface area contributed by atoms with Gasteiger partial charge in [-0.3, -0.25) is 0 Å². The summed E-state index contributed by atoms with van der Waals surface area (Å²) in [5.41, 5.74) is 2.44. The van der Waals surface area contributed by atoms with Crippen LogP contribution in [0.1, 0.15) is 5.56 Å². The number of hydrogen-bond donors (Lipinski definition) is 1. The second kappa shape index (κ2) is 2.88. The summed E-state index contributed by atoms with van der Waals surface area (Å²) in [5, 5.41) is 3.72. The van der Waals surface area contributed by atoms with Crippen LogP contribution >= 0.6 is 11.3 Å². The summed E-state index contributed by atoms with van der Waals surface area (Å²) in [7, 11) is 1.97. The van der Waals surface area contributed by atoms with E-state index in [1.165, 1.54) is 15.8 Å². The predicted octanol–water partition coefficient (Wildman–Crippen LogP) is 1.32. The topological polar surface area (TPSA) is 43.3 Å². The van der Waals surface area contributed by atoms with Gasteiger partial charge in [-0.1, -0.05) is 17.4 Å². The molecule has 0 atom stereocenters. The molecule has 1 aromatic carbocycles. The Morgan fingerprint density at radius 1 is 1.46 bits per heavy atom. The quantitative estimate of drug-likeness (QED) is 0.497. The number of benzene rings is 1. The first-order valence-corrected chi connectivity index (χ1v) is 4.84. The van der Waals surface area contributed by atoms with E-state index in [2.05, 4.69) is 30.2 Å². The Kier molecular flexibility index (Phi) is 1.84. The Hall–Kier alpha value is -1.29. The van der Waals surface area contributed by atoms with Crippen LogP contribution in [0.3, 0.4) is 0 Å². The van der Waals surface area contributed by atoms with Crippen LogP contribution < -0.4 is 10.6 Å². The zero-order chi connectivity index (χ0) is 9.42. The van der Waals surface area contributed by atoms with E-state index in [0.29, 0.717) is 0 Å². The van der Waals surface area contributed by atoms with Gasteiger partial charge in [0, 0.05) is 7.05 Å². The molecule has 4 heteroatoms. The monoisotopic (exact) mass is 193 g/mol. The summed E-state index contributed by atoms with van der Waals surface area (Å²) in [6, 6.07) is 6.33. The van der Waals surface area contributed by atoms with Crippen molar-refractivity contribution in [2.75, 3.05) is 0 Å². The van der Waals surface area contributed by atoms with Crippen molar-refractivity contribution in [3.63, 3.8) is 0 Å². The standard InChI is InChI=1S/C9H11N3S/c1-6-3-4-7-8(5-6)13-9(11-10)12(7)2/h3-5H,10H2,1-2H3. The molecule has 0 spiro atoms. The van der Waals surface area contributed by atoms with Gasteiger partial charge in [0.05, 0.1) is 10.2 Å². The molecule has 1 heterocycles. The van der Waals surface area contributed by atoms with Crippen LogP contribution in [0.5, 0.6) is 0 Å². The fourth-order valence-corrected chi connectivity index (χ4v) is 2.40. The third kappa shape index (κ3) is 1.23. The SMILES string of the molecule is Cc1ccc2c(c1)sc(=NN)n2C. The molecule has 68 valence electrons. The highest BCUT2D eigenvalue weighted by Gasteiger charge is 2.01. The van der Waals surface area contributed by atoms with Gasteiger partial charge in [-0.05, 0) is 24.6 Å². The van der Waals surface area contributed by atoms with Gasteiger partial charge in [-0.25, -0.2) is 0 Å². The largest absolute Gasteiger partial charge is 0.320 e. The molecule has 0 aliphatic rings. The van der Waals surface area contributed by atoms with Crippen LogP contribution in [0.2, 0.25) is 0 Å². The molecule has 0 unspecified atom stereocenters. The second-order valence-corrected chi connectivity index (χ2v) is 4.05. The number of aromatic nitrogens is 1. The molecule has 0 bridgehead atoms. The van der Waals surface area contributed by atoms with Crippen molar-refractivity contribution in [3.8, 4) is 0 Å². The molecule has 0 aliphatic heterocycles. The fourth-order valence-electron chi connectivity index (χ4n) is 1.36. The maximum Gasteiger partial charge on any atom is 0.208 e. The third-order valence-corrected chi connectivity index (χ3v) is 3.18. The van der Waals surface area contributed by atoms with Crippen molar-refractivity contribution in [1.29, 1.82) is 0 Å². The van der Waals surface area contributed by atoms with Gasteiger partial charge in [-0.2, -0.15) is 5.10 Å². The van der Waals surface area contributed by atoms with Crippen LogP contribution in [0.15, 0.2) is 23.3 Å². The summed E-state index contributed by atoms with van der Waals surface area (Å²) in [4.78, 5) is 0.848. The molecule has 0 radical (unpaired) electrons. The van der Waals surface area contributed by atoms with E-state index in [9.17, 15) is 0 Å². The highest BCUT2D eigenvalue weighted by Crippen LogP contribution is 2.17. The maximum absolute atomic E-state index is 5.27. The first-order valence-electron chi connectivity index (χ1n) is 4.02. The van der Waals surface area contributed by atoms with Crippen LogP contribution in [0.25, 0.3) is 10.2 Å². The molecule has 2 rings (SSSR count). The van der Waals surface area contributed by atoms with E-state index in [0.717, 1.165) is 4.80 Å². The molecule has 3 nitrogen and oxygen atoms in total. The number of nitrogens with two attached hydrogens (primary N) is 1. The summed E-state index contributed by atoms with van der Waals surface area (Å²) >= 11 is 1.61. The van der Waals surface area contributed by atoms with E-state index < -0.39 is 0 Å². The Balaban J connectivity index is 2.93. The number of fused-ring (bicyclic) bond motifs is 1. The summed E-state index contributed by atoms with van der Waals surface area (Å²) in [6.07, 6.45) is 0. The first-order chi connectivity index (χ1) is 6.22. The van der Waals surface area contributed by atoms with Crippen molar-refractivity contribution < 1.29 is 0 Å². The lowest BCUT2D eigenvalue weighted by atomic mass is 10.2. The zero-order valence-corrected chi connectivity index (χ0v) is 8.43. The van der Waals surface area contributed by atoms with Crippen LogP contribution in [-0.2, 0) is 7.05 Å². The van der Waals surface area contributed by atoms with Crippen molar-refractivity contribution >= 4 is 21.6 Å². The molecule has 0 aliphatic carbocycles. The van der Waals surface area contributed by atoms with Crippen LogP contribution in [-0.4, -0.2) is 4.57 Å². The number of nitrogens with zero attached hydrogens (tertiary/aromatic N) is 2. The van der Waals surface area contributed by atoms with Crippen molar-refractivity contribution in [1.82, 2.24) is 4.57 Å². The summed E-state index contributed by atoms with van der Waals surface area (Å²) < 4.78 is 3.23. The van der Waals surface area contributed by atoms with Gasteiger partial charge in [0.1, 0.15) is 0 Å². The minimum atomic E-state index is 0.848. The van der Waals surface area contributed by atoms with E-state index in [1.54, 1.807) is 11.3 Å². The average molecular weight is 193 g/mol. The smallest absolute Gasteiger partial charge is 0.208 e. The van der Waals surface area contributed by atoms with Gasteiger partial charge in [-0.15, -0.1) is 0 Å². The molecule has 2 aromatic rings. The molecule has 0 amide bonds. The molecule has 2 N–H and O–H groups in total. The van der Waals surface area contributed by atoms with Gasteiger partial charge in [0.25, 0.3) is 0 Å².